The first-order valence-electron chi connectivity index (χ1n) is 15.6. The van der Waals surface area contributed by atoms with Gasteiger partial charge in [-0.3, -0.25) is 9.59 Å². The van der Waals surface area contributed by atoms with Gasteiger partial charge in [-0.05, 0) is 96.6 Å². The highest BCUT2D eigenvalue weighted by atomic mass is 32.1. The van der Waals surface area contributed by atoms with E-state index in [9.17, 15) is 19.5 Å². The van der Waals surface area contributed by atoms with Gasteiger partial charge in [-0.2, -0.15) is 0 Å². The van der Waals surface area contributed by atoms with E-state index in [0.717, 1.165) is 56.5 Å². The third-order valence-corrected chi connectivity index (χ3v) is 9.76. The predicted molar refractivity (Wildman–Crippen MR) is 165 cm³/mol. The molecule has 0 aromatic carbocycles. The molecule has 0 bridgehead atoms. The Morgan fingerprint density at radius 2 is 1.74 bits per heavy atom. The normalized spacial score (nSPS) is 23.9. The molecule has 2 aromatic heterocycles. The summed E-state index contributed by atoms with van der Waals surface area (Å²) in [5.74, 6) is 5.93. The second-order valence-electron chi connectivity index (χ2n) is 13.4. The van der Waals surface area contributed by atoms with E-state index in [1.807, 2.05) is 25.7 Å². The van der Waals surface area contributed by atoms with Gasteiger partial charge in [-0.15, -0.1) is 11.3 Å². The van der Waals surface area contributed by atoms with Gasteiger partial charge in [0.05, 0.1) is 21.4 Å². The Morgan fingerprint density at radius 1 is 1.05 bits per heavy atom. The molecular formula is C34H42N3O5S-. The Hall–Kier alpha value is -3.38. The van der Waals surface area contributed by atoms with Crippen molar-refractivity contribution in [1.82, 2.24) is 9.88 Å². The van der Waals surface area contributed by atoms with E-state index in [1.165, 1.54) is 0 Å². The second-order valence-corrected chi connectivity index (χ2v) is 14.4. The van der Waals surface area contributed by atoms with Crippen molar-refractivity contribution in [3.05, 3.63) is 39.7 Å². The number of carboxylic acid groups (broad SMARTS) is 1. The number of pyridine rings is 1. The van der Waals surface area contributed by atoms with Crippen LogP contribution in [0.25, 0.3) is 0 Å². The number of hydrogen-bond donors (Lipinski definition) is 0. The lowest BCUT2D eigenvalue weighted by molar-refractivity contribution is -0.254. The molecule has 8 nitrogen and oxygen atoms in total. The van der Waals surface area contributed by atoms with Crippen LogP contribution in [0.3, 0.4) is 0 Å². The summed E-state index contributed by atoms with van der Waals surface area (Å²) in [7, 11) is 0. The first kappa shape index (κ1) is 31.1. The Morgan fingerprint density at radius 3 is 2.35 bits per heavy atom. The molecule has 0 unspecified atom stereocenters. The molecule has 0 atom stereocenters. The molecule has 0 spiro atoms. The third kappa shape index (κ3) is 7.59. The molecule has 43 heavy (non-hydrogen) atoms. The zero-order valence-electron chi connectivity index (χ0n) is 25.7. The zero-order valence-corrected chi connectivity index (χ0v) is 26.5. The molecule has 5 rings (SSSR count). The van der Waals surface area contributed by atoms with Gasteiger partial charge in [0.15, 0.2) is 0 Å². The molecule has 2 amide bonds. The summed E-state index contributed by atoms with van der Waals surface area (Å²) in [6.07, 6.45) is 8.85. The van der Waals surface area contributed by atoms with Crippen molar-refractivity contribution < 1.29 is 24.2 Å². The van der Waals surface area contributed by atoms with Crippen molar-refractivity contribution in [2.75, 3.05) is 18.0 Å². The molecule has 2 saturated carbocycles. The van der Waals surface area contributed by atoms with E-state index in [4.69, 9.17) is 4.74 Å². The number of carbonyl (C=O) groups excluding carboxylic acids is 3. The van der Waals surface area contributed by atoms with E-state index >= 15 is 0 Å². The molecule has 3 heterocycles. The fourth-order valence-corrected chi connectivity index (χ4v) is 6.95. The van der Waals surface area contributed by atoms with Crippen molar-refractivity contribution in [3.8, 4) is 17.7 Å². The lowest BCUT2D eigenvalue weighted by Gasteiger charge is -2.39. The highest BCUT2D eigenvalue weighted by molar-refractivity contribution is 7.15. The number of aromatic carboxylic acids is 1. The fourth-order valence-electron chi connectivity index (χ4n) is 6.12. The van der Waals surface area contributed by atoms with Crippen molar-refractivity contribution in [3.63, 3.8) is 0 Å². The van der Waals surface area contributed by atoms with Gasteiger partial charge in [0.2, 0.25) is 11.8 Å². The van der Waals surface area contributed by atoms with Crippen LogP contribution in [-0.2, 0) is 4.79 Å². The Balaban J connectivity index is 1.35. The van der Waals surface area contributed by atoms with Crippen molar-refractivity contribution >= 4 is 34.8 Å². The Bertz CT molecular complexity index is 1400. The molecule has 3 aliphatic rings. The van der Waals surface area contributed by atoms with Gasteiger partial charge in [0.1, 0.15) is 6.10 Å². The minimum Gasteiger partial charge on any atom is -0.544 e. The maximum Gasteiger partial charge on any atom is 0.254 e. The smallest absolute Gasteiger partial charge is 0.254 e. The fraction of sp³-hybridized carbons (Fsp3) is 0.588. The first-order chi connectivity index (χ1) is 20.5. The number of carboxylic acids is 1. The number of anilines is 1. The highest BCUT2D eigenvalue weighted by Crippen LogP contribution is 2.39. The van der Waals surface area contributed by atoms with Crippen LogP contribution in [0.2, 0.25) is 0 Å². The molecule has 3 fully saturated rings. The first-order valence-corrected chi connectivity index (χ1v) is 16.4. The zero-order chi connectivity index (χ0) is 30.7. The van der Waals surface area contributed by atoms with Crippen molar-refractivity contribution in [2.45, 2.75) is 97.6 Å². The number of thiophene rings is 1. The highest BCUT2D eigenvalue weighted by Gasteiger charge is 2.37. The standard InChI is InChI=1S/C34H43N3O5S/c1-22-6-8-23(9-7-22)32(39)37(28-21-27(14-16-34(2,3)4)43-30(28)33(40)41)25-10-12-26(13-11-25)42-29-20-24(15-17-35-29)31(38)36-18-5-19-36/h15,17,20-23,25-26H,5-13,18-19H2,1-4H3,(H,40,41)/p-1. The minimum absolute atomic E-state index is 0.000449. The van der Waals surface area contributed by atoms with Crippen LogP contribution >= 0.6 is 11.3 Å². The number of likely N-dealkylation sites (tertiary alicyclic amines) is 1. The topological polar surface area (TPSA) is 103 Å². The lowest BCUT2D eigenvalue weighted by Crippen LogP contribution is -2.47. The van der Waals surface area contributed by atoms with Gasteiger partial charge in [0, 0.05) is 48.3 Å². The number of nitrogens with zero attached hydrogens (tertiary/aromatic N) is 3. The summed E-state index contributed by atoms with van der Waals surface area (Å²) in [5, 5.41) is 12.3. The molecule has 1 saturated heterocycles. The van der Waals surface area contributed by atoms with Crippen LogP contribution in [0, 0.1) is 29.1 Å². The van der Waals surface area contributed by atoms with Crippen LogP contribution in [0.4, 0.5) is 5.69 Å². The average molecular weight is 605 g/mol. The largest absolute Gasteiger partial charge is 0.544 e. The average Bonchev–Trinajstić information content (AvgIpc) is 3.36. The van der Waals surface area contributed by atoms with Crippen LogP contribution in [0.5, 0.6) is 5.88 Å². The summed E-state index contributed by atoms with van der Waals surface area (Å²) in [4.78, 5) is 47.7. The number of aromatic nitrogens is 1. The summed E-state index contributed by atoms with van der Waals surface area (Å²) >= 11 is 1.09. The van der Waals surface area contributed by atoms with Gasteiger partial charge < -0.3 is 24.4 Å². The van der Waals surface area contributed by atoms with Crippen LogP contribution in [-0.4, -0.2) is 52.9 Å². The van der Waals surface area contributed by atoms with E-state index < -0.39 is 5.97 Å². The Labute approximate surface area is 258 Å². The molecule has 1 aliphatic heterocycles. The third-order valence-electron chi connectivity index (χ3n) is 8.74. The SMILES string of the molecule is CC1CCC(C(=O)N(c2cc(C#CC(C)(C)C)sc2C(=O)[O-])C2CCC(Oc3cc(C(=O)N4CCC4)ccn3)CC2)CC1. The summed E-state index contributed by atoms with van der Waals surface area (Å²) in [6.45, 7) is 9.80. The maximum absolute atomic E-state index is 14.2. The maximum atomic E-state index is 14.2. The number of rotatable bonds is 7. The van der Waals surface area contributed by atoms with E-state index in [1.54, 1.807) is 29.3 Å². The van der Waals surface area contributed by atoms with Gasteiger partial charge in [-0.1, -0.05) is 18.8 Å². The molecule has 230 valence electrons. The summed E-state index contributed by atoms with van der Waals surface area (Å²) < 4.78 is 6.22. The lowest BCUT2D eigenvalue weighted by atomic mass is 9.81. The Kier molecular flexibility index (Phi) is 9.45. The molecule has 0 radical (unpaired) electrons. The van der Waals surface area contributed by atoms with Crippen molar-refractivity contribution in [2.24, 2.45) is 17.3 Å². The van der Waals surface area contributed by atoms with Gasteiger partial charge in [0.25, 0.3) is 5.91 Å². The van der Waals surface area contributed by atoms with Gasteiger partial charge in [-0.25, -0.2) is 4.98 Å². The molecule has 2 aliphatic carbocycles. The van der Waals surface area contributed by atoms with E-state index in [2.05, 4.69) is 23.7 Å². The number of amides is 2. The monoisotopic (exact) mass is 604 g/mol. The van der Waals surface area contributed by atoms with Crippen LogP contribution < -0.4 is 14.7 Å². The van der Waals surface area contributed by atoms with Crippen molar-refractivity contribution in [1.29, 1.82) is 0 Å². The second kappa shape index (κ2) is 13.1. The molecule has 2 aromatic rings. The van der Waals surface area contributed by atoms with Crippen LogP contribution in [0.1, 0.15) is 110 Å². The molecule has 0 N–H and O–H groups in total. The number of hydrogen-bond acceptors (Lipinski definition) is 7. The van der Waals surface area contributed by atoms with Crippen LogP contribution in [0.15, 0.2) is 24.4 Å². The molecular weight excluding hydrogens is 562 g/mol. The number of ether oxygens (including phenoxy) is 1. The van der Waals surface area contributed by atoms with E-state index in [-0.39, 0.29) is 40.2 Å². The number of carbonyl (C=O) groups is 3. The molecule has 9 heteroatoms. The van der Waals surface area contributed by atoms with Gasteiger partial charge >= 0.3 is 0 Å². The quantitative estimate of drug-likeness (QED) is 0.398. The summed E-state index contributed by atoms with van der Waals surface area (Å²) in [6, 6.07) is 5.04. The minimum atomic E-state index is -1.28. The summed E-state index contributed by atoms with van der Waals surface area (Å²) in [5.41, 5.74) is 0.749. The predicted octanol–water partition coefficient (Wildman–Crippen LogP) is 5.30. The van der Waals surface area contributed by atoms with E-state index in [0.29, 0.717) is 53.6 Å².